The molecule has 35 heavy (non-hydrogen) atoms. The SMILES string of the molecule is CCC1Oc2ccc(NS(=O)(=O)c3ccccc3C#N)cc2CN(Cc2ccc(F)cc2Cl)C1=O. The lowest BCUT2D eigenvalue weighted by molar-refractivity contribution is -0.139. The molecule has 3 aromatic rings. The van der Waals surface area contributed by atoms with Crippen LogP contribution in [0, 0.1) is 17.1 Å². The Balaban J connectivity index is 1.66. The molecule has 0 saturated heterocycles. The van der Waals surface area contributed by atoms with Crippen molar-refractivity contribution in [3.05, 3.63) is 88.2 Å². The average Bonchev–Trinajstić information content (AvgIpc) is 2.96. The summed E-state index contributed by atoms with van der Waals surface area (Å²) < 4.78 is 47.8. The third-order valence-electron chi connectivity index (χ3n) is 5.57. The van der Waals surface area contributed by atoms with Gasteiger partial charge in [-0.1, -0.05) is 36.7 Å². The maximum Gasteiger partial charge on any atom is 0.264 e. The summed E-state index contributed by atoms with van der Waals surface area (Å²) in [5.41, 5.74) is 1.44. The van der Waals surface area contributed by atoms with Crippen molar-refractivity contribution in [1.29, 1.82) is 5.26 Å². The van der Waals surface area contributed by atoms with Gasteiger partial charge < -0.3 is 9.64 Å². The summed E-state index contributed by atoms with van der Waals surface area (Å²) in [6.45, 7) is 2.08. The van der Waals surface area contributed by atoms with Crippen molar-refractivity contribution in [3.63, 3.8) is 0 Å². The Morgan fingerprint density at radius 2 is 1.97 bits per heavy atom. The fourth-order valence-electron chi connectivity index (χ4n) is 3.82. The number of nitrogens with one attached hydrogen (secondary N) is 1. The number of nitriles is 1. The lowest BCUT2D eigenvalue weighted by Crippen LogP contribution is -2.38. The van der Waals surface area contributed by atoms with E-state index in [2.05, 4.69) is 4.72 Å². The first-order chi connectivity index (χ1) is 16.7. The quantitative estimate of drug-likeness (QED) is 0.508. The maximum absolute atomic E-state index is 13.5. The number of ether oxygens (including phenoxy) is 1. The van der Waals surface area contributed by atoms with E-state index in [-0.39, 0.29) is 40.2 Å². The fraction of sp³-hybridized carbons (Fsp3) is 0.200. The van der Waals surface area contributed by atoms with Crippen LogP contribution in [-0.4, -0.2) is 25.3 Å². The average molecular weight is 514 g/mol. The van der Waals surface area contributed by atoms with Crippen LogP contribution in [0.1, 0.15) is 30.0 Å². The van der Waals surface area contributed by atoms with Gasteiger partial charge in [0.2, 0.25) is 0 Å². The van der Waals surface area contributed by atoms with Gasteiger partial charge >= 0.3 is 0 Å². The molecular formula is C25H21ClFN3O4S. The fourth-order valence-corrected chi connectivity index (χ4v) is 5.26. The molecule has 0 bridgehead atoms. The Labute approximate surface area is 207 Å². The van der Waals surface area contributed by atoms with Crippen LogP contribution in [0.15, 0.2) is 65.6 Å². The maximum atomic E-state index is 13.5. The number of sulfonamides is 1. The van der Waals surface area contributed by atoms with E-state index >= 15 is 0 Å². The van der Waals surface area contributed by atoms with Crippen molar-refractivity contribution in [2.45, 2.75) is 37.4 Å². The standard InChI is InChI=1S/C25H21ClFN3O4S/c1-2-22-25(31)30(14-17-7-8-19(27)12-21(17)26)15-18-11-20(9-10-23(18)34-22)29-35(32,33)24-6-4-3-5-16(24)13-28/h3-12,22,29H,2,14-15H2,1H3. The summed E-state index contributed by atoms with van der Waals surface area (Å²) in [5.74, 6) is -0.275. The largest absolute Gasteiger partial charge is 0.480 e. The topological polar surface area (TPSA) is 99.5 Å². The summed E-state index contributed by atoms with van der Waals surface area (Å²) in [6.07, 6.45) is -0.314. The van der Waals surface area contributed by atoms with Crippen LogP contribution in [0.3, 0.4) is 0 Å². The van der Waals surface area contributed by atoms with Crippen LogP contribution < -0.4 is 9.46 Å². The van der Waals surface area contributed by atoms with E-state index in [1.807, 2.05) is 13.0 Å². The van der Waals surface area contributed by atoms with E-state index in [1.165, 1.54) is 42.5 Å². The van der Waals surface area contributed by atoms with Crippen LogP contribution in [-0.2, 0) is 27.9 Å². The third-order valence-corrected chi connectivity index (χ3v) is 7.37. The number of anilines is 1. The van der Waals surface area contributed by atoms with Crippen LogP contribution in [0.25, 0.3) is 0 Å². The molecule has 0 radical (unpaired) electrons. The number of amides is 1. The highest BCUT2D eigenvalue weighted by molar-refractivity contribution is 7.92. The van der Waals surface area contributed by atoms with Gasteiger partial charge in [-0.05, 0) is 54.4 Å². The van der Waals surface area contributed by atoms with Crippen molar-refractivity contribution >= 4 is 33.2 Å². The molecule has 3 aromatic carbocycles. The van der Waals surface area contributed by atoms with E-state index < -0.39 is 21.9 Å². The molecule has 1 aliphatic rings. The molecule has 180 valence electrons. The van der Waals surface area contributed by atoms with Crippen molar-refractivity contribution in [2.75, 3.05) is 4.72 Å². The number of benzene rings is 3. The number of carbonyl (C=O) groups excluding carboxylic acids is 1. The molecule has 0 aliphatic carbocycles. The second-order valence-electron chi connectivity index (χ2n) is 7.98. The van der Waals surface area contributed by atoms with E-state index in [1.54, 1.807) is 23.1 Å². The first-order valence-corrected chi connectivity index (χ1v) is 12.6. The lowest BCUT2D eigenvalue weighted by Gasteiger charge is -2.24. The number of rotatable bonds is 6. The number of halogens is 2. The molecule has 0 saturated carbocycles. The van der Waals surface area contributed by atoms with Crippen LogP contribution in [0.4, 0.5) is 10.1 Å². The third kappa shape index (κ3) is 5.24. The minimum atomic E-state index is -4.04. The molecule has 0 aromatic heterocycles. The molecule has 4 rings (SSSR count). The predicted molar refractivity (Wildman–Crippen MR) is 129 cm³/mol. The lowest BCUT2D eigenvalue weighted by atomic mass is 10.1. The van der Waals surface area contributed by atoms with Gasteiger partial charge in [0.15, 0.2) is 6.10 Å². The monoisotopic (exact) mass is 513 g/mol. The molecule has 0 spiro atoms. The van der Waals surface area contributed by atoms with Crippen molar-refractivity contribution < 1.29 is 22.3 Å². The molecule has 1 atom stereocenters. The van der Waals surface area contributed by atoms with E-state index in [0.717, 1.165) is 0 Å². The van der Waals surface area contributed by atoms with Gasteiger partial charge in [-0.2, -0.15) is 5.26 Å². The Morgan fingerprint density at radius 1 is 1.20 bits per heavy atom. The van der Waals surface area contributed by atoms with Crippen LogP contribution in [0.5, 0.6) is 5.75 Å². The van der Waals surface area contributed by atoms with Crippen LogP contribution in [0.2, 0.25) is 5.02 Å². The number of nitrogens with zero attached hydrogens (tertiary/aromatic N) is 2. The summed E-state index contributed by atoms with van der Waals surface area (Å²) in [6, 6.07) is 16.5. The first-order valence-electron chi connectivity index (χ1n) is 10.8. The van der Waals surface area contributed by atoms with Crippen LogP contribution >= 0.6 is 11.6 Å². The summed E-state index contributed by atoms with van der Waals surface area (Å²) in [4.78, 5) is 14.5. The molecule has 1 N–H and O–H groups in total. The number of carbonyl (C=O) groups is 1. The predicted octanol–water partition coefficient (Wildman–Crippen LogP) is 4.85. The molecule has 0 fully saturated rings. The Kier molecular flexibility index (Phi) is 6.96. The highest BCUT2D eigenvalue weighted by atomic mass is 35.5. The van der Waals surface area contributed by atoms with Gasteiger partial charge in [0.1, 0.15) is 22.5 Å². The molecule has 1 aliphatic heterocycles. The molecule has 1 amide bonds. The molecule has 1 heterocycles. The van der Waals surface area contributed by atoms with Gasteiger partial charge in [-0.25, -0.2) is 12.8 Å². The van der Waals surface area contributed by atoms with Gasteiger partial charge in [0, 0.05) is 29.4 Å². The zero-order valence-corrected chi connectivity index (χ0v) is 20.2. The van der Waals surface area contributed by atoms with E-state index in [9.17, 15) is 22.9 Å². The highest BCUT2D eigenvalue weighted by Gasteiger charge is 2.31. The van der Waals surface area contributed by atoms with Gasteiger partial charge in [-0.3, -0.25) is 9.52 Å². The zero-order chi connectivity index (χ0) is 25.2. The first kappa shape index (κ1) is 24.5. The van der Waals surface area contributed by atoms with Gasteiger partial charge in [0.25, 0.3) is 15.9 Å². The summed E-state index contributed by atoms with van der Waals surface area (Å²) >= 11 is 6.18. The smallest absolute Gasteiger partial charge is 0.264 e. The molecule has 10 heteroatoms. The minimum Gasteiger partial charge on any atom is -0.480 e. The molecule has 1 unspecified atom stereocenters. The zero-order valence-electron chi connectivity index (χ0n) is 18.7. The second kappa shape index (κ2) is 9.94. The summed E-state index contributed by atoms with van der Waals surface area (Å²) in [5, 5.41) is 9.47. The minimum absolute atomic E-state index is 0.0248. The van der Waals surface area contributed by atoms with Crippen molar-refractivity contribution in [1.82, 2.24) is 4.90 Å². The normalized spacial score (nSPS) is 15.5. The Hall–Kier alpha value is -3.61. The van der Waals surface area contributed by atoms with Gasteiger partial charge in [0.05, 0.1) is 5.56 Å². The molecule has 7 nitrogen and oxygen atoms in total. The second-order valence-corrected chi connectivity index (χ2v) is 10.0. The van der Waals surface area contributed by atoms with Gasteiger partial charge in [-0.15, -0.1) is 0 Å². The number of fused-ring (bicyclic) bond motifs is 1. The highest BCUT2D eigenvalue weighted by Crippen LogP contribution is 2.32. The Morgan fingerprint density at radius 3 is 2.69 bits per heavy atom. The number of hydrogen-bond donors (Lipinski definition) is 1. The number of hydrogen-bond acceptors (Lipinski definition) is 5. The van der Waals surface area contributed by atoms with Crippen molar-refractivity contribution in [3.8, 4) is 11.8 Å². The Bertz CT molecular complexity index is 1440. The molecular weight excluding hydrogens is 493 g/mol. The van der Waals surface area contributed by atoms with Crippen molar-refractivity contribution in [2.24, 2.45) is 0 Å². The van der Waals surface area contributed by atoms with E-state index in [4.69, 9.17) is 16.3 Å². The summed E-state index contributed by atoms with van der Waals surface area (Å²) in [7, 11) is -4.04. The van der Waals surface area contributed by atoms with E-state index in [0.29, 0.717) is 23.3 Å².